The van der Waals surface area contributed by atoms with Crippen molar-refractivity contribution in [2.24, 2.45) is 0 Å². The summed E-state index contributed by atoms with van der Waals surface area (Å²) in [4.78, 5) is 6.32. The van der Waals surface area contributed by atoms with Crippen LogP contribution in [0.2, 0.25) is 0 Å². The number of rotatable bonds is 7. The highest BCUT2D eigenvalue weighted by molar-refractivity contribution is 7.20. The van der Waals surface area contributed by atoms with Gasteiger partial charge in [0.15, 0.2) is 0 Å². The van der Waals surface area contributed by atoms with E-state index < -0.39 is 5.41 Å². The fraction of sp³-hybridized carbons (Fsp3) is 0.0159. The van der Waals surface area contributed by atoms with Crippen molar-refractivity contribution < 1.29 is 0 Å². The van der Waals surface area contributed by atoms with Gasteiger partial charge in [0.1, 0.15) is 0 Å². The van der Waals surface area contributed by atoms with Gasteiger partial charge in [-0.05, 0) is 113 Å². The molecule has 0 fully saturated rings. The van der Waals surface area contributed by atoms with Crippen LogP contribution in [-0.4, -0.2) is 4.57 Å². The van der Waals surface area contributed by atoms with Crippen molar-refractivity contribution in [1.82, 2.24) is 4.57 Å². The van der Waals surface area contributed by atoms with E-state index in [0.717, 1.165) is 34.1 Å². The summed E-state index contributed by atoms with van der Waals surface area (Å²) >= 11 is 1.95. The predicted molar refractivity (Wildman–Crippen MR) is 282 cm³/mol. The van der Waals surface area contributed by atoms with Gasteiger partial charge in [0, 0.05) is 70.9 Å². The van der Waals surface area contributed by atoms with Crippen LogP contribution in [0.15, 0.2) is 249 Å². The molecule has 1 spiro atoms. The van der Waals surface area contributed by atoms with E-state index in [1.807, 2.05) is 11.3 Å². The van der Waals surface area contributed by atoms with Crippen molar-refractivity contribution in [3.63, 3.8) is 0 Å². The normalized spacial score (nSPS) is 14.3. The summed E-state index contributed by atoms with van der Waals surface area (Å²) in [7, 11) is 0. The second kappa shape index (κ2) is 14.8. The fourth-order valence-corrected chi connectivity index (χ4v) is 13.0. The van der Waals surface area contributed by atoms with Gasteiger partial charge in [-0.25, -0.2) is 0 Å². The molecule has 3 nitrogen and oxygen atoms in total. The number of aromatic nitrogens is 1. The zero-order valence-electron chi connectivity index (χ0n) is 36.4. The molecule has 1 unspecified atom stereocenters. The Balaban J connectivity index is 1.07. The van der Waals surface area contributed by atoms with Crippen LogP contribution in [0.1, 0.15) is 21.6 Å². The molecule has 2 aliphatic carbocycles. The molecule has 0 saturated heterocycles. The maximum atomic E-state index is 2.51. The van der Waals surface area contributed by atoms with Crippen LogP contribution in [0.25, 0.3) is 59.8 Å². The third-order valence-electron chi connectivity index (χ3n) is 14.1. The van der Waals surface area contributed by atoms with E-state index >= 15 is 0 Å². The highest BCUT2D eigenvalue weighted by atomic mass is 32.1. The van der Waals surface area contributed by atoms with Gasteiger partial charge in [-0.2, -0.15) is 0 Å². The lowest BCUT2D eigenvalue weighted by molar-refractivity contribution is 0.811. The second-order valence-electron chi connectivity index (χ2n) is 17.6. The molecule has 314 valence electrons. The Kier molecular flexibility index (Phi) is 8.37. The summed E-state index contributed by atoms with van der Waals surface area (Å²) < 4.78 is 3.70. The molecule has 12 aromatic rings. The van der Waals surface area contributed by atoms with E-state index in [0.29, 0.717) is 0 Å². The second-order valence-corrected chi connectivity index (χ2v) is 18.6. The van der Waals surface area contributed by atoms with Gasteiger partial charge in [-0.3, -0.25) is 0 Å². The van der Waals surface area contributed by atoms with E-state index in [1.54, 1.807) is 0 Å². The molecule has 67 heavy (non-hydrogen) atoms. The summed E-state index contributed by atoms with van der Waals surface area (Å²) in [5.41, 5.74) is 18.9. The van der Waals surface area contributed by atoms with Crippen molar-refractivity contribution in [3.8, 4) is 27.9 Å². The van der Waals surface area contributed by atoms with Crippen LogP contribution in [0.3, 0.4) is 0 Å². The van der Waals surface area contributed by atoms with Crippen LogP contribution >= 0.6 is 11.3 Å². The Bertz CT molecular complexity index is 3830. The van der Waals surface area contributed by atoms with Crippen molar-refractivity contribution in [3.05, 3.63) is 270 Å². The summed E-state index contributed by atoms with van der Waals surface area (Å²) in [6.45, 7) is 0. The first-order valence-corrected chi connectivity index (χ1v) is 23.8. The predicted octanol–water partition coefficient (Wildman–Crippen LogP) is 17.3. The summed E-state index contributed by atoms with van der Waals surface area (Å²) in [6.07, 6.45) is 0. The van der Waals surface area contributed by atoms with E-state index in [2.05, 4.69) is 263 Å². The highest BCUT2D eigenvalue weighted by Gasteiger charge is 2.55. The van der Waals surface area contributed by atoms with E-state index in [-0.39, 0.29) is 0 Å². The van der Waals surface area contributed by atoms with Crippen molar-refractivity contribution in [1.29, 1.82) is 0 Å². The lowest BCUT2D eigenvalue weighted by Crippen LogP contribution is -2.25. The Morgan fingerprint density at radius 3 is 1.54 bits per heavy atom. The lowest BCUT2D eigenvalue weighted by atomic mass is 9.73. The highest BCUT2D eigenvalue weighted by Crippen LogP contribution is 2.69. The molecule has 0 saturated carbocycles. The van der Waals surface area contributed by atoms with Crippen molar-refractivity contribution >= 4 is 77.4 Å². The molecule has 0 aliphatic heterocycles. The number of thiophene rings is 1. The fourth-order valence-electron chi connectivity index (χ4n) is 11.6. The number of fused-ring (bicyclic) bond motifs is 15. The first-order chi connectivity index (χ1) is 33.3. The lowest BCUT2D eigenvalue weighted by Gasteiger charge is -2.32. The van der Waals surface area contributed by atoms with E-state index in [9.17, 15) is 0 Å². The van der Waals surface area contributed by atoms with Crippen LogP contribution < -0.4 is 9.80 Å². The molecule has 0 radical (unpaired) electrons. The molecule has 0 bridgehead atoms. The van der Waals surface area contributed by atoms with Crippen molar-refractivity contribution in [2.45, 2.75) is 5.41 Å². The van der Waals surface area contributed by atoms with Gasteiger partial charge in [-0.15, -0.1) is 11.3 Å². The number of benzene rings is 10. The number of hydrogen-bond donors (Lipinski definition) is 0. The minimum atomic E-state index is -0.569. The third-order valence-corrected chi connectivity index (χ3v) is 15.4. The van der Waals surface area contributed by atoms with Gasteiger partial charge in [0.2, 0.25) is 0 Å². The quantitative estimate of drug-likeness (QED) is 0.158. The molecule has 2 heterocycles. The number of para-hydroxylation sites is 5. The van der Waals surface area contributed by atoms with Crippen LogP contribution in [0, 0.1) is 0 Å². The average Bonchev–Trinajstić information content (AvgIpc) is 4.12. The minimum absolute atomic E-state index is 0.569. The number of hydrogen-bond acceptors (Lipinski definition) is 3. The van der Waals surface area contributed by atoms with Gasteiger partial charge in [-0.1, -0.05) is 158 Å². The zero-order valence-corrected chi connectivity index (χ0v) is 37.2. The first-order valence-electron chi connectivity index (χ1n) is 23.0. The zero-order chi connectivity index (χ0) is 44.1. The summed E-state index contributed by atoms with van der Waals surface area (Å²) in [5, 5.41) is 3.74. The third kappa shape index (κ3) is 5.39. The Labute approximate surface area is 393 Å². The molecule has 0 N–H and O–H groups in total. The van der Waals surface area contributed by atoms with Gasteiger partial charge in [0.25, 0.3) is 0 Å². The average molecular weight is 872 g/mol. The smallest absolute Gasteiger partial charge is 0.0821 e. The summed E-state index contributed by atoms with van der Waals surface area (Å²) in [5.74, 6) is 0. The Morgan fingerprint density at radius 1 is 0.343 bits per heavy atom. The van der Waals surface area contributed by atoms with E-state index in [4.69, 9.17) is 0 Å². The van der Waals surface area contributed by atoms with Gasteiger partial charge >= 0.3 is 0 Å². The maximum Gasteiger partial charge on any atom is 0.0821 e. The van der Waals surface area contributed by atoms with Gasteiger partial charge in [0.05, 0.1) is 27.8 Å². The van der Waals surface area contributed by atoms with Crippen molar-refractivity contribution in [2.75, 3.05) is 9.80 Å². The molecular weight excluding hydrogens is 831 g/mol. The molecule has 4 heteroatoms. The molecule has 2 aliphatic rings. The Morgan fingerprint density at radius 2 is 0.851 bits per heavy atom. The SMILES string of the molecule is c1ccc(N(c2ccccc2)c2cccc3c2-c2ccccc2C32c3cccc(N(c4ccccc4)c4ccc5c(c4)c4ccccc4n5-c4ccccc4)c3-c3c2sc2ccccc32)cc1. The number of anilines is 6. The van der Waals surface area contributed by atoms with Crippen LogP contribution in [0.5, 0.6) is 0 Å². The minimum Gasteiger partial charge on any atom is -0.310 e. The molecule has 0 amide bonds. The first kappa shape index (κ1) is 37.9. The molecule has 2 aromatic heterocycles. The topological polar surface area (TPSA) is 11.4 Å². The Hall–Kier alpha value is -8.44. The van der Waals surface area contributed by atoms with E-state index in [1.165, 1.54) is 81.4 Å². The molecular formula is C63H41N3S. The summed E-state index contributed by atoms with van der Waals surface area (Å²) in [6, 6.07) is 91.5. The number of nitrogens with zero attached hydrogens (tertiary/aromatic N) is 3. The maximum absolute atomic E-state index is 2.51. The largest absolute Gasteiger partial charge is 0.310 e. The molecule has 10 aromatic carbocycles. The molecule has 1 atom stereocenters. The van der Waals surface area contributed by atoms with Gasteiger partial charge < -0.3 is 14.4 Å². The monoisotopic (exact) mass is 871 g/mol. The molecule has 14 rings (SSSR count). The van der Waals surface area contributed by atoms with Crippen LogP contribution in [-0.2, 0) is 5.41 Å². The standard InChI is InChI=1S/C63H41N3S/c1-5-21-42(22-6-1)64(43-23-7-2-8-24-43)56-36-19-33-52-59(56)48-30-13-16-32-51(48)63(52)53-34-20-37-57(61(53)60-49-31-15-18-38-58(49)67-62(60)63)65(44-25-9-3-10-26-44)46-39-40-55-50(41-46)47-29-14-17-35-54(47)66(55)45-27-11-4-12-28-45/h1-41H. The van der Waals surface area contributed by atoms with Crippen LogP contribution in [0.4, 0.5) is 34.1 Å².